The van der Waals surface area contributed by atoms with E-state index in [0.29, 0.717) is 35.5 Å². The zero-order chi connectivity index (χ0) is 44.2. The fourth-order valence-corrected chi connectivity index (χ4v) is 18.9. The molecule has 4 heteroatoms. The number of hydrogen-bond acceptors (Lipinski definition) is 0. The first kappa shape index (κ1) is 38.8. The van der Waals surface area contributed by atoms with E-state index in [4.69, 9.17) is 0 Å². The van der Waals surface area contributed by atoms with E-state index in [-0.39, 0.29) is 6.71 Å². The summed E-state index contributed by atoms with van der Waals surface area (Å²) >= 11 is 0. The first-order valence-corrected chi connectivity index (χ1v) is 26.5. The zero-order valence-corrected chi connectivity index (χ0v) is 40.8. The molecule has 0 N–H and O–H groups in total. The Hall–Kier alpha value is -5.58. The van der Waals surface area contributed by atoms with Gasteiger partial charge >= 0.3 is 0 Å². The quantitative estimate of drug-likeness (QED) is 0.148. The van der Waals surface area contributed by atoms with Gasteiger partial charge in [0.25, 0.3) is 6.71 Å². The molecule has 0 bridgehead atoms. The first-order chi connectivity index (χ1) is 30.7. The Labute approximate surface area is 380 Å². The summed E-state index contributed by atoms with van der Waals surface area (Å²) in [5.74, 6) is 2.49. The molecule has 0 amide bonds. The van der Waals surface area contributed by atoms with Gasteiger partial charge in [-0.25, -0.2) is 0 Å². The average molecular weight is 847 g/mol. The van der Waals surface area contributed by atoms with Gasteiger partial charge in [0.2, 0.25) is 0 Å². The lowest BCUT2D eigenvalue weighted by molar-refractivity contribution is 0.867. The summed E-state index contributed by atoms with van der Waals surface area (Å²) in [6.07, 6.45) is 0. The van der Waals surface area contributed by atoms with Gasteiger partial charge in [0.15, 0.2) is 8.07 Å². The fourth-order valence-electron chi connectivity index (χ4n) is 13.2. The highest BCUT2D eigenvalue weighted by atomic mass is 28.3. The topological polar surface area (TPSA) is 9.86 Å². The van der Waals surface area contributed by atoms with Gasteiger partial charge in [0.1, 0.15) is 0 Å². The minimum absolute atomic E-state index is 0.106. The van der Waals surface area contributed by atoms with Crippen LogP contribution in [0, 0.1) is 0 Å². The van der Waals surface area contributed by atoms with Crippen molar-refractivity contribution in [1.82, 2.24) is 9.13 Å². The molecule has 1 spiro atoms. The summed E-state index contributed by atoms with van der Waals surface area (Å²) in [7, 11) is -2.98. The van der Waals surface area contributed by atoms with E-state index in [1.807, 2.05) is 0 Å². The van der Waals surface area contributed by atoms with Crippen molar-refractivity contribution in [3.63, 3.8) is 0 Å². The highest BCUT2D eigenvalue weighted by molar-refractivity contribution is 7.24. The van der Waals surface area contributed by atoms with Gasteiger partial charge in [-0.3, -0.25) is 0 Å². The Morgan fingerprint density at radius 1 is 0.406 bits per heavy atom. The summed E-state index contributed by atoms with van der Waals surface area (Å²) < 4.78 is 5.56. The summed E-state index contributed by atoms with van der Waals surface area (Å²) in [5, 5.41) is 12.0. The molecule has 4 aliphatic rings. The summed E-state index contributed by atoms with van der Waals surface area (Å²) in [5.41, 5.74) is 24.4. The molecule has 0 atom stereocenters. The molecule has 13 rings (SSSR count). The van der Waals surface area contributed by atoms with Crippen LogP contribution in [-0.4, -0.2) is 23.9 Å². The predicted octanol–water partition coefficient (Wildman–Crippen LogP) is 11.4. The molecule has 9 aromatic rings. The van der Waals surface area contributed by atoms with Crippen molar-refractivity contribution in [1.29, 1.82) is 0 Å². The fraction of sp³-hybridized carbons (Fsp3) is 0.300. The minimum atomic E-state index is -2.98. The molecular formula is C60H59BN2Si. The third-order valence-electron chi connectivity index (χ3n) is 16.5. The number of hydrogen-bond donors (Lipinski definition) is 0. The summed E-state index contributed by atoms with van der Waals surface area (Å²) in [4.78, 5) is 0. The molecule has 0 saturated carbocycles. The first-order valence-electron chi connectivity index (χ1n) is 24.5. The molecule has 0 radical (unpaired) electrons. The molecule has 0 aliphatic carbocycles. The number of fused-ring (bicyclic) bond motifs is 14. The molecule has 2 nitrogen and oxygen atoms in total. The smallest absolute Gasteiger partial charge is 0.252 e. The van der Waals surface area contributed by atoms with Crippen LogP contribution in [0.2, 0.25) is 0 Å². The molecule has 0 saturated heterocycles. The molecule has 7 aromatic carbocycles. The van der Waals surface area contributed by atoms with Gasteiger partial charge in [-0.15, -0.1) is 0 Å². The summed E-state index contributed by atoms with van der Waals surface area (Å²) in [6, 6.07) is 43.5. The number of rotatable bonds is 6. The third-order valence-corrected chi connectivity index (χ3v) is 21.4. The van der Waals surface area contributed by atoms with Gasteiger partial charge < -0.3 is 9.13 Å². The van der Waals surface area contributed by atoms with E-state index in [1.54, 1.807) is 20.7 Å². The van der Waals surface area contributed by atoms with E-state index < -0.39 is 8.07 Å². The zero-order valence-electron chi connectivity index (χ0n) is 39.8. The Kier molecular flexibility index (Phi) is 7.78. The Balaban J connectivity index is 1.31. The predicted molar refractivity (Wildman–Crippen MR) is 280 cm³/mol. The monoisotopic (exact) mass is 846 g/mol. The maximum absolute atomic E-state index is 2.98. The van der Waals surface area contributed by atoms with Crippen molar-refractivity contribution < 1.29 is 0 Å². The SMILES string of the molecule is CC(C)c1ccc2c(c1)[Si]1(c3cc(C(C)C)ccc3-2)c2ccc3c4c2-n2c5c(cc(C(C)C)cc5c5cc(C(C)C)cc1c52)B4c1ccc(C(C)C)c2c4ccc(C(C)C)cc4n-3c12. The van der Waals surface area contributed by atoms with Crippen LogP contribution in [0.1, 0.15) is 152 Å². The van der Waals surface area contributed by atoms with Crippen molar-refractivity contribution in [3.05, 3.63) is 137 Å². The number of benzene rings is 7. The second-order valence-electron chi connectivity index (χ2n) is 22.0. The maximum Gasteiger partial charge on any atom is 0.252 e. The van der Waals surface area contributed by atoms with Crippen LogP contribution in [0.25, 0.3) is 66.1 Å². The lowest BCUT2D eigenvalue weighted by Crippen LogP contribution is -2.77. The highest BCUT2D eigenvalue weighted by Gasteiger charge is 2.56. The van der Waals surface area contributed by atoms with Gasteiger partial charge in [-0.2, -0.15) is 0 Å². The van der Waals surface area contributed by atoms with Crippen molar-refractivity contribution in [2.45, 2.75) is 119 Å². The normalized spacial score (nSPS) is 14.9. The van der Waals surface area contributed by atoms with E-state index in [2.05, 4.69) is 195 Å². The minimum Gasteiger partial charge on any atom is -0.310 e. The van der Waals surface area contributed by atoms with E-state index >= 15 is 0 Å². The van der Waals surface area contributed by atoms with Crippen LogP contribution in [0.4, 0.5) is 0 Å². The molecule has 316 valence electrons. The molecule has 6 heterocycles. The average Bonchev–Trinajstić information content (AvgIpc) is 3.90. The van der Waals surface area contributed by atoms with Crippen LogP contribution < -0.4 is 37.1 Å². The van der Waals surface area contributed by atoms with E-state index in [9.17, 15) is 0 Å². The lowest BCUT2D eigenvalue weighted by Gasteiger charge is -2.43. The highest BCUT2D eigenvalue weighted by Crippen LogP contribution is 2.45. The van der Waals surface area contributed by atoms with Crippen molar-refractivity contribution in [3.8, 4) is 22.5 Å². The second-order valence-corrected chi connectivity index (χ2v) is 25.7. The molecule has 2 aromatic heterocycles. The van der Waals surface area contributed by atoms with Crippen molar-refractivity contribution >= 4 is 95.5 Å². The van der Waals surface area contributed by atoms with Crippen LogP contribution in [0.5, 0.6) is 0 Å². The van der Waals surface area contributed by atoms with Gasteiger partial charge in [0.05, 0.1) is 11.0 Å². The lowest BCUT2D eigenvalue weighted by atomic mass is 9.34. The molecular weight excluding hydrogens is 788 g/mol. The number of nitrogens with zero attached hydrogens (tertiary/aromatic N) is 2. The molecule has 0 unspecified atom stereocenters. The summed E-state index contributed by atoms with van der Waals surface area (Å²) in [6.45, 7) is 28.7. The Bertz CT molecular complexity index is 3530. The standard InChI is InChI=1S/C60H59BN2Si/c1-30(2)36-15-18-44-50(26-36)62-49-21-22-51-60-56(49)61(47-20-19-41(35(11)12)55(44)59(47)62)48-25-39(33(7)8)23-45-46-24-40(34(9)10)29-54(58(46)63(60)57(45)48)64(51)52-27-37(31(3)4)13-16-42(52)43-17-14-38(32(5)6)28-53(43)64/h13-35H,1-12H3. The molecule has 0 fully saturated rings. The molecule has 4 aliphatic heterocycles. The van der Waals surface area contributed by atoms with Gasteiger partial charge in [-0.1, -0.05) is 162 Å². The number of aromatic nitrogens is 2. The second kappa shape index (κ2) is 12.8. The van der Waals surface area contributed by atoms with Crippen LogP contribution >= 0.6 is 0 Å². The Morgan fingerprint density at radius 3 is 1.58 bits per heavy atom. The van der Waals surface area contributed by atoms with Crippen LogP contribution in [0.3, 0.4) is 0 Å². The van der Waals surface area contributed by atoms with E-state index in [0.717, 1.165) is 0 Å². The molecule has 64 heavy (non-hydrogen) atoms. The van der Waals surface area contributed by atoms with Crippen LogP contribution in [0.15, 0.2) is 103 Å². The van der Waals surface area contributed by atoms with E-state index in [1.165, 1.54) is 116 Å². The van der Waals surface area contributed by atoms with Crippen molar-refractivity contribution in [2.75, 3.05) is 0 Å². The Morgan fingerprint density at radius 2 is 0.969 bits per heavy atom. The third kappa shape index (κ3) is 4.54. The van der Waals surface area contributed by atoms with Gasteiger partial charge in [-0.05, 0) is 141 Å². The van der Waals surface area contributed by atoms with Crippen LogP contribution in [-0.2, 0) is 0 Å². The van der Waals surface area contributed by atoms with Crippen molar-refractivity contribution in [2.24, 2.45) is 0 Å². The maximum atomic E-state index is 2.83. The van der Waals surface area contributed by atoms with Gasteiger partial charge in [0, 0.05) is 44.0 Å². The largest absolute Gasteiger partial charge is 0.310 e.